The summed E-state index contributed by atoms with van der Waals surface area (Å²) in [7, 11) is 0. The predicted octanol–water partition coefficient (Wildman–Crippen LogP) is 2.43. The summed E-state index contributed by atoms with van der Waals surface area (Å²) >= 11 is 0. The van der Waals surface area contributed by atoms with Crippen LogP contribution in [0.25, 0.3) is 10.9 Å². The molecular weight excluding hydrogens is 262 g/mol. The van der Waals surface area contributed by atoms with E-state index in [1.807, 2.05) is 18.2 Å². The Balaban J connectivity index is 2.07. The average molecular weight is 285 g/mol. The third-order valence-corrected chi connectivity index (χ3v) is 4.36. The fourth-order valence-corrected chi connectivity index (χ4v) is 3.19. The van der Waals surface area contributed by atoms with Crippen LogP contribution in [0.1, 0.15) is 31.2 Å². The van der Waals surface area contributed by atoms with Crippen LogP contribution in [0.2, 0.25) is 0 Å². The quantitative estimate of drug-likeness (QED) is 0.909. The van der Waals surface area contributed by atoms with Gasteiger partial charge in [0.15, 0.2) is 0 Å². The van der Waals surface area contributed by atoms with E-state index in [2.05, 4.69) is 17.0 Å². The van der Waals surface area contributed by atoms with Gasteiger partial charge in [0.25, 0.3) is 0 Å². The number of anilines is 1. The lowest BCUT2D eigenvalue weighted by Gasteiger charge is -2.31. The van der Waals surface area contributed by atoms with Crippen LogP contribution in [0, 0.1) is 0 Å². The Morgan fingerprint density at radius 3 is 2.90 bits per heavy atom. The van der Waals surface area contributed by atoms with Crippen LogP contribution in [0.3, 0.4) is 0 Å². The van der Waals surface area contributed by atoms with E-state index in [0.717, 1.165) is 41.7 Å². The summed E-state index contributed by atoms with van der Waals surface area (Å²) in [5, 5.41) is 10.8. The van der Waals surface area contributed by atoms with E-state index >= 15 is 0 Å². The second-order valence-electron chi connectivity index (χ2n) is 5.75. The van der Waals surface area contributed by atoms with E-state index in [-0.39, 0.29) is 12.6 Å². The fraction of sp³-hybridized carbons (Fsp3) is 0.471. The van der Waals surface area contributed by atoms with Crippen molar-refractivity contribution in [3.63, 3.8) is 0 Å². The van der Waals surface area contributed by atoms with Crippen molar-refractivity contribution in [2.75, 3.05) is 18.1 Å². The van der Waals surface area contributed by atoms with Gasteiger partial charge in [-0.05, 0) is 25.0 Å². The van der Waals surface area contributed by atoms with Crippen molar-refractivity contribution in [2.45, 2.75) is 38.3 Å². The second kappa shape index (κ2) is 6.41. The van der Waals surface area contributed by atoms with Gasteiger partial charge in [-0.25, -0.2) is 4.98 Å². The summed E-state index contributed by atoms with van der Waals surface area (Å²) in [5.41, 5.74) is 8.00. The number of benzene rings is 1. The van der Waals surface area contributed by atoms with Crippen molar-refractivity contribution in [2.24, 2.45) is 5.73 Å². The molecule has 0 aliphatic carbocycles. The van der Waals surface area contributed by atoms with Crippen molar-refractivity contribution in [3.8, 4) is 0 Å². The molecule has 4 heteroatoms. The first-order chi connectivity index (χ1) is 10.3. The van der Waals surface area contributed by atoms with Crippen LogP contribution in [-0.4, -0.2) is 29.3 Å². The molecule has 0 saturated carbocycles. The van der Waals surface area contributed by atoms with E-state index in [0.29, 0.717) is 6.54 Å². The summed E-state index contributed by atoms with van der Waals surface area (Å²) in [4.78, 5) is 7.11. The monoisotopic (exact) mass is 285 g/mol. The van der Waals surface area contributed by atoms with Gasteiger partial charge < -0.3 is 15.7 Å². The van der Waals surface area contributed by atoms with Crippen LogP contribution >= 0.6 is 0 Å². The Morgan fingerprint density at radius 2 is 2.10 bits per heavy atom. The minimum absolute atomic E-state index is 0.159. The molecule has 1 aliphatic rings. The van der Waals surface area contributed by atoms with Crippen molar-refractivity contribution in [1.29, 1.82) is 0 Å². The highest BCUT2D eigenvalue weighted by Gasteiger charge is 2.23. The number of hydrogen-bond donors (Lipinski definition) is 2. The maximum atomic E-state index is 9.72. The van der Waals surface area contributed by atoms with Crippen LogP contribution in [-0.2, 0) is 6.54 Å². The molecule has 1 saturated heterocycles. The highest BCUT2D eigenvalue weighted by atomic mass is 16.3. The van der Waals surface area contributed by atoms with Crippen LogP contribution < -0.4 is 10.6 Å². The molecule has 1 aliphatic heterocycles. The van der Waals surface area contributed by atoms with E-state index in [9.17, 15) is 5.11 Å². The molecule has 21 heavy (non-hydrogen) atoms. The van der Waals surface area contributed by atoms with E-state index in [1.54, 1.807) is 0 Å². The van der Waals surface area contributed by atoms with Gasteiger partial charge >= 0.3 is 0 Å². The van der Waals surface area contributed by atoms with Crippen molar-refractivity contribution < 1.29 is 5.11 Å². The van der Waals surface area contributed by atoms with Gasteiger partial charge in [-0.15, -0.1) is 0 Å². The Hall–Kier alpha value is -1.65. The molecule has 1 fully saturated rings. The molecule has 4 nitrogen and oxygen atoms in total. The zero-order valence-corrected chi connectivity index (χ0v) is 12.3. The normalized spacial score (nSPS) is 19.7. The predicted molar refractivity (Wildman–Crippen MR) is 86.3 cm³/mol. The standard InChI is InChI=1S/C17H23N3O/c18-11-14-10-13-6-3-4-8-16(13)19-17(14)20-9-5-1-2-7-15(20)12-21/h3-4,6,8,10,15,21H,1-2,5,7,9,11-12,18H2. The molecule has 3 N–H and O–H groups in total. The lowest BCUT2D eigenvalue weighted by molar-refractivity contribution is 0.254. The second-order valence-corrected chi connectivity index (χ2v) is 5.75. The number of nitrogens with zero attached hydrogens (tertiary/aromatic N) is 2. The lowest BCUT2D eigenvalue weighted by atomic mass is 10.1. The number of pyridine rings is 1. The number of aromatic nitrogens is 1. The SMILES string of the molecule is NCc1cc2ccccc2nc1N1CCCCCC1CO. The summed E-state index contributed by atoms with van der Waals surface area (Å²) < 4.78 is 0. The Bertz CT molecular complexity index is 614. The first kappa shape index (κ1) is 14.3. The van der Waals surface area contributed by atoms with Crippen LogP contribution in [0.15, 0.2) is 30.3 Å². The topological polar surface area (TPSA) is 62.4 Å². The van der Waals surface area contributed by atoms with Crippen molar-refractivity contribution >= 4 is 16.7 Å². The molecule has 3 rings (SSSR count). The Morgan fingerprint density at radius 1 is 1.24 bits per heavy atom. The molecule has 1 aromatic heterocycles. The van der Waals surface area contributed by atoms with Crippen LogP contribution in [0.4, 0.5) is 5.82 Å². The number of nitrogens with two attached hydrogens (primary N) is 1. The Kier molecular flexibility index (Phi) is 4.36. The van der Waals surface area contributed by atoms with Gasteiger partial charge in [0, 0.05) is 24.0 Å². The first-order valence-electron chi connectivity index (χ1n) is 7.79. The third-order valence-electron chi connectivity index (χ3n) is 4.36. The fourth-order valence-electron chi connectivity index (χ4n) is 3.19. The number of aliphatic hydroxyl groups excluding tert-OH is 1. The minimum atomic E-state index is 0.159. The zero-order valence-electron chi connectivity index (χ0n) is 12.3. The van der Waals surface area contributed by atoms with Gasteiger partial charge in [0.05, 0.1) is 18.2 Å². The molecule has 2 aromatic rings. The van der Waals surface area contributed by atoms with Gasteiger partial charge in [-0.1, -0.05) is 31.0 Å². The van der Waals surface area contributed by atoms with E-state index in [1.165, 1.54) is 12.8 Å². The number of para-hydroxylation sites is 1. The van der Waals surface area contributed by atoms with Gasteiger partial charge in [0.2, 0.25) is 0 Å². The average Bonchev–Trinajstić information content (AvgIpc) is 2.78. The smallest absolute Gasteiger partial charge is 0.134 e. The molecule has 0 radical (unpaired) electrons. The molecule has 112 valence electrons. The van der Waals surface area contributed by atoms with E-state index < -0.39 is 0 Å². The Labute approximate surface area is 125 Å². The molecule has 1 aromatic carbocycles. The maximum Gasteiger partial charge on any atom is 0.134 e. The summed E-state index contributed by atoms with van der Waals surface area (Å²) in [6.45, 7) is 1.60. The highest BCUT2D eigenvalue weighted by molar-refractivity contribution is 5.81. The van der Waals surface area contributed by atoms with Crippen molar-refractivity contribution in [3.05, 3.63) is 35.9 Å². The van der Waals surface area contributed by atoms with Gasteiger partial charge in [-0.3, -0.25) is 0 Å². The zero-order chi connectivity index (χ0) is 14.7. The molecule has 2 heterocycles. The first-order valence-corrected chi connectivity index (χ1v) is 7.79. The molecular formula is C17H23N3O. The maximum absolute atomic E-state index is 9.72. The minimum Gasteiger partial charge on any atom is -0.394 e. The van der Waals surface area contributed by atoms with Crippen molar-refractivity contribution in [1.82, 2.24) is 4.98 Å². The third kappa shape index (κ3) is 2.87. The van der Waals surface area contributed by atoms with Gasteiger partial charge in [-0.2, -0.15) is 0 Å². The number of aliphatic hydroxyl groups is 1. The molecule has 1 atom stereocenters. The molecule has 0 bridgehead atoms. The summed E-state index contributed by atoms with van der Waals surface area (Å²) in [6.07, 6.45) is 4.57. The summed E-state index contributed by atoms with van der Waals surface area (Å²) in [5.74, 6) is 0.956. The number of hydrogen-bond acceptors (Lipinski definition) is 4. The van der Waals surface area contributed by atoms with E-state index in [4.69, 9.17) is 10.7 Å². The molecule has 0 amide bonds. The lowest BCUT2D eigenvalue weighted by Crippen LogP contribution is -2.39. The highest BCUT2D eigenvalue weighted by Crippen LogP contribution is 2.28. The summed E-state index contributed by atoms with van der Waals surface area (Å²) in [6, 6.07) is 10.4. The van der Waals surface area contributed by atoms with Gasteiger partial charge in [0.1, 0.15) is 5.82 Å². The molecule has 1 unspecified atom stereocenters. The molecule has 0 spiro atoms. The van der Waals surface area contributed by atoms with Crippen LogP contribution in [0.5, 0.6) is 0 Å². The largest absolute Gasteiger partial charge is 0.394 e. The number of rotatable bonds is 3. The number of fused-ring (bicyclic) bond motifs is 1.